The van der Waals surface area contributed by atoms with E-state index in [9.17, 15) is 4.79 Å². The predicted octanol–water partition coefficient (Wildman–Crippen LogP) is 3.88. The third-order valence-corrected chi connectivity index (χ3v) is 4.87. The fraction of sp³-hybridized carbons (Fsp3) is 0.211. The van der Waals surface area contributed by atoms with Crippen LogP contribution in [0.5, 0.6) is 5.75 Å². The third kappa shape index (κ3) is 5.09. The molecule has 0 spiro atoms. The second-order valence-corrected chi connectivity index (χ2v) is 6.94. The summed E-state index contributed by atoms with van der Waals surface area (Å²) in [5, 5.41) is 4.27. The minimum Gasteiger partial charge on any atom is -0.492 e. The van der Waals surface area contributed by atoms with E-state index in [1.807, 2.05) is 31.2 Å². The van der Waals surface area contributed by atoms with E-state index >= 15 is 0 Å². The molecule has 5 nitrogen and oxygen atoms in total. The van der Waals surface area contributed by atoms with E-state index in [2.05, 4.69) is 15.3 Å². The number of nitrogens with zero attached hydrogens (tertiary/aromatic N) is 2. The number of carbonyl (C=O) groups is 1. The maximum Gasteiger partial charge on any atom is 0.230 e. The summed E-state index contributed by atoms with van der Waals surface area (Å²) in [4.78, 5) is 21.1. The number of amides is 1. The summed E-state index contributed by atoms with van der Waals surface area (Å²) >= 11 is 7.20. The highest BCUT2D eigenvalue weighted by Gasteiger charge is 2.08. The van der Waals surface area contributed by atoms with Gasteiger partial charge in [0.25, 0.3) is 0 Å². The molecule has 2 aromatic carbocycles. The SMILES string of the molecule is Cc1nc2ccccc2nc1SCC(=O)NCCOc1ccc(Cl)cc1. The van der Waals surface area contributed by atoms with Gasteiger partial charge in [0.15, 0.2) is 0 Å². The van der Waals surface area contributed by atoms with Crippen molar-refractivity contribution in [1.82, 2.24) is 15.3 Å². The second-order valence-electron chi connectivity index (χ2n) is 5.54. The van der Waals surface area contributed by atoms with Crippen LogP contribution in [0.15, 0.2) is 53.6 Å². The molecule has 0 aliphatic rings. The molecule has 0 aliphatic heterocycles. The molecule has 0 saturated heterocycles. The van der Waals surface area contributed by atoms with Crippen molar-refractivity contribution in [2.75, 3.05) is 18.9 Å². The molecule has 0 atom stereocenters. The van der Waals surface area contributed by atoms with Crippen LogP contribution in [0.1, 0.15) is 5.69 Å². The molecule has 1 heterocycles. The molecule has 3 aromatic rings. The molecule has 0 radical (unpaired) electrons. The van der Waals surface area contributed by atoms with E-state index in [1.165, 1.54) is 11.8 Å². The van der Waals surface area contributed by atoms with E-state index < -0.39 is 0 Å². The smallest absolute Gasteiger partial charge is 0.230 e. The van der Waals surface area contributed by atoms with Crippen molar-refractivity contribution in [2.24, 2.45) is 0 Å². The number of aromatic nitrogens is 2. The number of nitrogens with one attached hydrogen (secondary N) is 1. The normalized spacial score (nSPS) is 10.7. The van der Waals surface area contributed by atoms with Crippen LogP contribution >= 0.6 is 23.4 Å². The lowest BCUT2D eigenvalue weighted by molar-refractivity contribution is -0.118. The number of ether oxygens (including phenoxy) is 1. The molecule has 1 amide bonds. The topological polar surface area (TPSA) is 64.1 Å². The number of hydrogen-bond donors (Lipinski definition) is 1. The maximum atomic E-state index is 12.0. The fourth-order valence-electron chi connectivity index (χ4n) is 2.28. The van der Waals surface area contributed by atoms with Gasteiger partial charge in [0.1, 0.15) is 17.4 Å². The highest BCUT2D eigenvalue weighted by molar-refractivity contribution is 7.99. The zero-order chi connectivity index (χ0) is 18.4. The van der Waals surface area contributed by atoms with Gasteiger partial charge in [-0.3, -0.25) is 4.79 Å². The van der Waals surface area contributed by atoms with Crippen LogP contribution in [0.3, 0.4) is 0 Å². The van der Waals surface area contributed by atoms with Gasteiger partial charge in [-0.05, 0) is 43.3 Å². The first-order valence-electron chi connectivity index (χ1n) is 8.13. The lowest BCUT2D eigenvalue weighted by Gasteiger charge is -2.08. The Balaban J connectivity index is 1.44. The van der Waals surface area contributed by atoms with Gasteiger partial charge in [-0.1, -0.05) is 35.5 Å². The van der Waals surface area contributed by atoms with Gasteiger partial charge in [-0.25, -0.2) is 9.97 Å². The Morgan fingerprint density at radius 3 is 2.54 bits per heavy atom. The summed E-state index contributed by atoms with van der Waals surface area (Å²) in [6, 6.07) is 14.8. The highest BCUT2D eigenvalue weighted by Crippen LogP contribution is 2.21. The largest absolute Gasteiger partial charge is 0.492 e. The zero-order valence-corrected chi connectivity index (χ0v) is 15.8. The van der Waals surface area contributed by atoms with Crippen LogP contribution in [0.2, 0.25) is 5.02 Å². The first-order valence-corrected chi connectivity index (χ1v) is 9.49. The maximum absolute atomic E-state index is 12.0. The lowest BCUT2D eigenvalue weighted by Crippen LogP contribution is -2.29. The number of benzene rings is 2. The number of halogens is 1. The molecule has 3 rings (SSSR count). The average molecular weight is 388 g/mol. The summed E-state index contributed by atoms with van der Waals surface area (Å²) < 4.78 is 5.54. The van der Waals surface area contributed by atoms with Crippen molar-refractivity contribution in [3.05, 3.63) is 59.2 Å². The van der Waals surface area contributed by atoms with Crippen molar-refractivity contribution < 1.29 is 9.53 Å². The molecule has 0 unspecified atom stereocenters. The Labute approximate surface area is 161 Å². The number of carbonyl (C=O) groups excluding carboxylic acids is 1. The molecule has 0 aliphatic carbocycles. The molecular formula is C19H18ClN3O2S. The van der Waals surface area contributed by atoms with E-state index in [1.54, 1.807) is 24.3 Å². The minimum atomic E-state index is -0.0657. The summed E-state index contributed by atoms with van der Waals surface area (Å²) in [6.07, 6.45) is 0. The van der Waals surface area contributed by atoms with Gasteiger partial charge in [0.2, 0.25) is 5.91 Å². The van der Waals surface area contributed by atoms with Crippen LogP contribution in [0.25, 0.3) is 11.0 Å². The van der Waals surface area contributed by atoms with Gasteiger partial charge in [0, 0.05) is 5.02 Å². The zero-order valence-electron chi connectivity index (χ0n) is 14.2. The number of rotatable bonds is 7. The van der Waals surface area contributed by atoms with Crippen LogP contribution in [-0.4, -0.2) is 34.8 Å². The number of aryl methyl sites for hydroxylation is 1. The van der Waals surface area contributed by atoms with Crippen molar-refractivity contribution in [3.8, 4) is 5.75 Å². The summed E-state index contributed by atoms with van der Waals surface area (Å²) in [5.41, 5.74) is 2.52. The Hall–Kier alpha value is -2.31. The average Bonchev–Trinajstić information content (AvgIpc) is 2.65. The standard InChI is InChI=1S/C19H18ClN3O2S/c1-13-19(23-17-5-3-2-4-16(17)22-13)26-12-18(24)21-10-11-25-15-8-6-14(20)7-9-15/h2-9H,10-12H2,1H3,(H,21,24). The van der Waals surface area contributed by atoms with Gasteiger partial charge in [-0.2, -0.15) is 0 Å². The molecule has 134 valence electrons. The Bertz CT molecular complexity index is 903. The summed E-state index contributed by atoms with van der Waals surface area (Å²) in [7, 11) is 0. The van der Waals surface area contributed by atoms with Gasteiger partial charge >= 0.3 is 0 Å². The lowest BCUT2D eigenvalue weighted by atomic mass is 10.3. The highest BCUT2D eigenvalue weighted by atomic mass is 35.5. The molecule has 0 saturated carbocycles. The van der Waals surface area contributed by atoms with Crippen LogP contribution in [-0.2, 0) is 4.79 Å². The molecule has 1 N–H and O–H groups in total. The summed E-state index contributed by atoms with van der Waals surface area (Å²) in [5.74, 6) is 0.943. The van der Waals surface area contributed by atoms with E-state index in [4.69, 9.17) is 16.3 Å². The fourth-order valence-corrected chi connectivity index (χ4v) is 3.20. The van der Waals surface area contributed by atoms with Gasteiger partial charge in [0.05, 0.1) is 29.0 Å². The van der Waals surface area contributed by atoms with E-state index in [-0.39, 0.29) is 11.7 Å². The van der Waals surface area contributed by atoms with Crippen LogP contribution in [0, 0.1) is 6.92 Å². The van der Waals surface area contributed by atoms with Crippen molar-refractivity contribution in [3.63, 3.8) is 0 Å². The summed E-state index contributed by atoms with van der Waals surface area (Å²) in [6.45, 7) is 2.73. The number of para-hydroxylation sites is 2. The molecular weight excluding hydrogens is 370 g/mol. The first-order chi connectivity index (χ1) is 12.6. The Morgan fingerprint density at radius 2 is 1.81 bits per heavy atom. The second kappa shape index (κ2) is 8.87. The quantitative estimate of drug-likeness (QED) is 0.492. The molecule has 26 heavy (non-hydrogen) atoms. The Kier molecular flexibility index (Phi) is 6.30. The van der Waals surface area contributed by atoms with Gasteiger partial charge < -0.3 is 10.1 Å². The molecule has 0 bridgehead atoms. The monoisotopic (exact) mass is 387 g/mol. The molecule has 1 aromatic heterocycles. The van der Waals surface area contributed by atoms with E-state index in [0.717, 1.165) is 27.5 Å². The Morgan fingerprint density at radius 1 is 1.12 bits per heavy atom. The van der Waals surface area contributed by atoms with Crippen molar-refractivity contribution in [1.29, 1.82) is 0 Å². The third-order valence-electron chi connectivity index (χ3n) is 3.55. The van der Waals surface area contributed by atoms with E-state index in [0.29, 0.717) is 18.2 Å². The number of fused-ring (bicyclic) bond motifs is 1. The molecule has 7 heteroatoms. The first kappa shape index (κ1) is 18.5. The van der Waals surface area contributed by atoms with Crippen molar-refractivity contribution >= 4 is 40.3 Å². The van der Waals surface area contributed by atoms with Crippen LogP contribution in [0.4, 0.5) is 0 Å². The van der Waals surface area contributed by atoms with Crippen molar-refractivity contribution in [2.45, 2.75) is 11.9 Å². The van der Waals surface area contributed by atoms with Gasteiger partial charge in [-0.15, -0.1) is 0 Å². The number of hydrogen-bond acceptors (Lipinski definition) is 5. The predicted molar refractivity (Wildman–Crippen MR) is 105 cm³/mol. The number of thioether (sulfide) groups is 1. The molecule has 0 fully saturated rings. The van der Waals surface area contributed by atoms with Crippen LogP contribution < -0.4 is 10.1 Å². The minimum absolute atomic E-state index is 0.0657.